The molecule has 0 radical (unpaired) electrons. The molecule has 0 saturated carbocycles. The molecule has 0 aliphatic carbocycles. The Kier molecular flexibility index (Phi) is 8.03. The van der Waals surface area contributed by atoms with Crippen molar-refractivity contribution in [3.63, 3.8) is 0 Å². The van der Waals surface area contributed by atoms with E-state index in [2.05, 4.69) is 72.1 Å². The first kappa shape index (κ1) is 21.1. The second-order valence-corrected chi connectivity index (χ2v) is 8.53. The monoisotopic (exact) mass is 364 g/mol. The van der Waals surface area contributed by atoms with Crippen molar-refractivity contribution >= 4 is 23.2 Å². The van der Waals surface area contributed by atoms with E-state index in [1.54, 1.807) is 24.8 Å². The average molecular weight is 365 g/mol. The number of halogens is 1. The molecule has 0 spiro atoms. The van der Waals surface area contributed by atoms with E-state index in [1.165, 1.54) is 6.20 Å². The minimum atomic E-state index is 0.226. The number of rotatable bonds is 4. The van der Waals surface area contributed by atoms with Crippen LogP contribution in [0.2, 0.25) is 5.15 Å². The number of nitrogens with zero attached hydrogens (tertiary/aromatic N) is 4. The fraction of sp³-hybridized carbons (Fsp3) is 0.556. The lowest BCUT2D eigenvalue weighted by Crippen LogP contribution is -2.19. The smallest absolute Gasteiger partial charge is 0.149 e. The van der Waals surface area contributed by atoms with Gasteiger partial charge in [-0.05, 0) is 10.8 Å². The van der Waals surface area contributed by atoms with Gasteiger partial charge in [0.25, 0.3) is 0 Å². The van der Waals surface area contributed by atoms with E-state index >= 15 is 0 Å². The van der Waals surface area contributed by atoms with Crippen molar-refractivity contribution in [2.45, 2.75) is 41.5 Å². The molecule has 2 heterocycles. The SMILES string of the molecule is CC(C)(C)CNc1cncc(Cl)n1.CC(C)(C)CNc1cnccn1. The van der Waals surface area contributed by atoms with Crippen LogP contribution in [0.25, 0.3) is 0 Å². The third-order valence-corrected chi connectivity index (χ3v) is 2.95. The Morgan fingerprint density at radius 1 is 0.800 bits per heavy atom. The van der Waals surface area contributed by atoms with Gasteiger partial charge in [0.1, 0.15) is 16.8 Å². The summed E-state index contributed by atoms with van der Waals surface area (Å²) < 4.78 is 0. The van der Waals surface area contributed by atoms with Crippen LogP contribution in [-0.2, 0) is 0 Å². The lowest BCUT2D eigenvalue weighted by Gasteiger charge is -2.18. The van der Waals surface area contributed by atoms with Crippen LogP contribution in [0, 0.1) is 10.8 Å². The number of aromatic nitrogens is 4. The summed E-state index contributed by atoms with van der Waals surface area (Å²) in [6, 6.07) is 0. The largest absolute Gasteiger partial charge is 0.368 e. The maximum absolute atomic E-state index is 5.68. The standard InChI is InChI=1S/C9H14ClN3.C9H15N3/c1-9(2,3)6-12-8-5-11-4-7(10)13-8;1-9(2,3)7-12-8-6-10-4-5-11-8/h4-5H,6H2,1-3H3,(H,12,13);4-6H,7H2,1-3H3,(H,11,12). The molecule has 0 aliphatic heterocycles. The zero-order chi connectivity index (χ0) is 18.9. The highest BCUT2D eigenvalue weighted by atomic mass is 35.5. The Morgan fingerprint density at radius 2 is 1.36 bits per heavy atom. The van der Waals surface area contributed by atoms with E-state index in [-0.39, 0.29) is 10.8 Å². The van der Waals surface area contributed by atoms with Crippen molar-refractivity contribution in [1.29, 1.82) is 0 Å². The fourth-order valence-electron chi connectivity index (χ4n) is 1.53. The predicted octanol–water partition coefficient (Wildman–Crippen LogP) is 4.52. The molecule has 25 heavy (non-hydrogen) atoms. The van der Waals surface area contributed by atoms with Crippen LogP contribution in [-0.4, -0.2) is 33.0 Å². The van der Waals surface area contributed by atoms with Crippen LogP contribution in [0.5, 0.6) is 0 Å². The normalized spacial score (nSPS) is 11.3. The van der Waals surface area contributed by atoms with Crippen LogP contribution >= 0.6 is 11.6 Å². The summed E-state index contributed by atoms with van der Waals surface area (Å²) in [5.74, 6) is 1.56. The Hall–Kier alpha value is -1.95. The second kappa shape index (κ2) is 9.51. The van der Waals surface area contributed by atoms with Gasteiger partial charge in [0, 0.05) is 25.5 Å². The molecule has 2 aromatic rings. The van der Waals surface area contributed by atoms with Gasteiger partial charge < -0.3 is 10.6 Å². The van der Waals surface area contributed by atoms with Crippen molar-refractivity contribution < 1.29 is 0 Å². The lowest BCUT2D eigenvalue weighted by atomic mass is 9.97. The Labute approximate surface area is 155 Å². The average Bonchev–Trinajstić information content (AvgIpc) is 2.52. The minimum Gasteiger partial charge on any atom is -0.368 e. The van der Waals surface area contributed by atoms with Crippen LogP contribution in [0.3, 0.4) is 0 Å². The van der Waals surface area contributed by atoms with E-state index in [1.807, 2.05) is 0 Å². The first-order valence-electron chi connectivity index (χ1n) is 8.26. The molecule has 138 valence electrons. The Bertz CT molecular complexity index is 619. The molecular weight excluding hydrogens is 336 g/mol. The predicted molar refractivity (Wildman–Crippen MR) is 105 cm³/mol. The minimum absolute atomic E-state index is 0.226. The maximum atomic E-state index is 5.68. The summed E-state index contributed by atoms with van der Waals surface area (Å²) in [7, 11) is 0. The van der Waals surface area contributed by atoms with E-state index in [0.717, 1.165) is 24.7 Å². The molecule has 0 amide bonds. The molecule has 0 aliphatic rings. The third kappa shape index (κ3) is 11.3. The molecule has 6 nitrogen and oxygen atoms in total. The molecule has 0 fully saturated rings. The summed E-state index contributed by atoms with van der Waals surface area (Å²) >= 11 is 5.68. The first-order valence-corrected chi connectivity index (χ1v) is 8.64. The molecule has 2 rings (SSSR count). The summed E-state index contributed by atoms with van der Waals surface area (Å²) in [6.45, 7) is 14.7. The molecule has 2 aromatic heterocycles. The molecular formula is C18H29ClN6. The molecule has 0 atom stereocenters. The topological polar surface area (TPSA) is 75.6 Å². The first-order chi connectivity index (χ1) is 11.6. The summed E-state index contributed by atoms with van der Waals surface area (Å²) in [4.78, 5) is 16.1. The number of hydrogen-bond acceptors (Lipinski definition) is 6. The van der Waals surface area contributed by atoms with Gasteiger partial charge in [-0.25, -0.2) is 9.97 Å². The highest BCUT2D eigenvalue weighted by molar-refractivity contribution is 6.29. The summed E-state index contributed by atoms with van der Waals surface area (Å²) in [5, 5.41) is 6.79. The highest BCUT2D eigenvalue weighted by Crippen LogP contribution is 2.14. The van der Waals surface area contributed by atoms with Gasteiger partial charge >= 0.3 is 0 Å². The molecule has 0 unspecified atom stereocenters. The van der Waals surface area contributed by atoms with Crippen LogP contribution in [0.15, 0.2) is 31.0 Å². The van der Waals surface area contributed by atoms with E-state index in [4.69, 9.17) is 11.6 Å². The molecule has 0 aromatic carbocycles. The third-order valence-electron chi connectivity index (χ3n) is 2.77. The number of anilines is 2. The van der Waals surface area contributed by atoms with Gasteiger partial charge in [0.05, 0.1) is 18.6 Å². The summed E-state index contributed by atoms with van der Waals surface area (Å²) in [6.07, 6.45) is 8.26. The number of nitrogens with one attached hydrogen (secondary N) is 2. The number of hydrogen-bond donors (Lipinski definition) is 2. The van der Waals surface area contributed by atoms with Gasteiger partial charge in [0.15, 0.2) is 0 Å². The van der Waals surface area contributed by atoms with Crippen LogP contribution in [0.4, 0.5) is 11.6 Å². The van der Waals surface area contributed by atoms with Crippen LogP contribution < -0.4 is 10.6 Å². The Morgan fingerprint density at radius 3 is 1.84 bits per heavy atom. The second-order valence-electron chi connectivity index (χ2n) is 8.15. The van der Waals surface area contributed by atoms with E-state index in [0.29, 0.717) is 5.15 Å². The molecule has 0 bridgehead atoms. The van der Waals surface area contributed by atoms with Crippen molar-refractivity contribution in [1.82, 2.24) is 19.9 Å². The van der Waals surface area contributed by atoms with Crippen molar-refractivity contribution in [3.8, 4) is 0 Å². The molecule has 2 N–H and O–H groups in total. The van der Waals surface area contributed by atoms with Gasteiger partial charge in [-0.2, -0.15) is 0 Å². The lowest BCUT2D eigenvalue weighted by molar-refractivity contribution is 0.442. The van der Waals surface area contributed by atoms with Gasteiger partial charge in [-0.3, -0.25) is 9.97 Å². The van der Waals surface area contributed by atoms with Crippen LogP contribution in [0.1, 0.15) is 41.5 Å². The van der Waals surface area contributed by atoms with E-state index in [9.17, 15) is 0 Å². The molecule has 0 saturated heterocycles. The van der Waals surface area contributed by atoms with Gasteiger partial charge in [0.2, 0.25) is 0 Å². The van der Waals surface area contributed by atoms with Crippen molar-refractivity contribution in [2.24, 2.45) is 10.8 Å². The highest BCUT2D eigenvalue weighted by Gasteiger charge is 2.10. The van der Waals surface area contributed by atoms with Crippen molar-refractivity contribution in [2.75, 3.05) is 23.7 Å². The van der Waals surface area contributed by atoms with Crippen molar-refractivity contribution in [3.05, 3.63) is 36.1 Å². The van der Waals surface area contributed by atoms with E-state index < -0.39 is 0 Å². The molecule has 7 heteroatoms. The maximum Gasteiger partial charge on any atom is 0.149 e. The fourth-order valence-corrected chi connectivity index (χ4v) is 1.68. The zero-order valence-corrected chi connectivity index (χ0v) is 16.7. The van der Waals surface area contributed by atoms with Gasteiger partial charge in [-0.15, -0.1) is 0 Å². The quantitative estimate of drug-likeness (QED) is 0.830. The zero-order valence-electron chi connectivity index (χ0n) is 16.0. The van der Waals surface area contributed by atoms with Gasteiger partial charge in [-0.1, -0.05) is 53.1 Å². The Balaban J connectivity index is 0.000000251. The summed E-state index contributed by atoms with van der Waals surface area (Å²) in [5.41, 5.74) is 0.502.